The van der Waals surface area contributed by atoms with Gasteiger partial charge >= 0.3 is 24.3 Å². The Kier molecular flexibility index (Phi) is 11.2. The van der Waals surface area contributed by atoms with Gasteiger partial charge in [0, 0.05) is 49.9 Å². The maximum absolute atomic E-state index is 12.8. The molecule has 1 amide bonds. The zero-order chi connectivity index (χ0) is 31.0. The Morgan fingerprint density at radius 2 is 1.73 bits per heavy atom. The summed E-state index contributed by atoms with van der Waals surface area (Å²) >= 11 is 0. The third kappa shape index (κ3) is 9.70. The van der Waals surface area contributed by atoms with Gasteiger partial charge in [-0.2, -0.15) is 26.3 Å². The number of alkyl halides is 6. The van der Waals surface area contributed by atoms with E-state index in [1.807, 2.05) is 23.2 Å². The number of aromatic nitrogens is 2. The Bertz CT molecular complexity index is 1150. The van der Waals surface area contributed by atoms with Crippen molar-refractivity contribution in [1.29, 1.82) is 0 Å². The molecule has 2 aromatic rings. The number of aryl methyl sites for hydroxylation is 1. The van der Waals surface area contributed by atoms with Crippen LogP contribution in [0.4, 0.5) is 26.3 Å². The maximum atomic E-state index is 12.8. The van der Waals surface area contributed by atoms with Gasteiger partial charge in [-0.1, -0.05) is 11.2 Å². The number of likely N-dealkylation sites (tertiary alicyclic amines) is 2. The first kappa shape index (κ1) is 33.5. The number of aliphatic carboxylic acids is 2. The Hall–Kier alpha value is -3.73. The largest absolute Gasteiger partial charge is 0.490 e. The van der Waals surface area contributed by atoms with Gasteiger partial charge in [-0.05, 0) is 32.0 Å². The number of carboxylic acid groups (broad SMARTS) is 2. The number of nitrogens with zero attached hydrogens (tertiary/aromatic N) is 4. The van der Waals surface area contributed by atoms with E-state index in [0.717, 1.165) is 38.2 Å². The molecule has 228 valence electrons. The first-order chi connectivity index (χ1) is 19.0. The monoisotopic (exact) mass is 598 g/mol. The van der Waals surface area contributed by atoms with E-state index < -0.39 is 24.3 Å². The van der Waals surface area contributed by atoms with Gasteiger partial charge in [0.2, 0.25) is 0 Å². The SMILES string of the molecule is Cc1nocc1C(=O)N1CC[C@@]2(CN(C)C[C@@H]2COCc2cccnc2)C1.O=C(O)C(F)(F)F.O=C(O)C(F)(F)F. The fourth-order valence-electron chi connectivity index (χ4n) is 4.53. The fraction of sp³-hybridized carbons (Fsp3) is 0.542. The second-order valence-electron chi connectivity index (χ2n) is 9.53. The molecule has 41 heavy (non-hydrogen) atoms. The van der Waals surface area contributed by atoms with Gasteiger partial charge in [-0.15, -0.1) is 0 Å². The second-order valence-corrected chi connectivity index (χ2v) is 9.53. The predicted molar refractivity (Wildman–Crippen MR) is 126 cm³/mol. The average Bonchev–Trinajstić information content (AvgIpc) is 3.58. The summed E-state index contributed by atoms with van der Waals surface area (Å²) in [6, 6.07) is 3.96. The summed E-state index contributed by atoms with van der Waals surface area (Å²) in [5.41, 5.74) is 2.41. The number of carboxylic acids is 2. The third-order valence-electron chi connectivity index (χ3n) is 6.43. The number of amides is 1. The van der Waals surface area contributed by atoms with Crippen LogP contribution in [0.5, 0.6) is 0 Å². The maximum Gasteiger partial charge on any atom is 0.490 e. The molecule has 0 unspecified atom stereocenters. The van der Waals surface area contributed by atoms with E-state index in [1.54, 1.807) is 13.1 Å². The van der Waals surface area contributed by atoms with Crippen LogP contribution in [0, 0.1) is 18.3 Å². The third-order valence-corrected chi connectivity index (χ3v) is 6.43. The minimum Gasteiger partial charge on any atom is -0.475 e. The first-order valence-electron chi connectivity index (χ1n) is 11.9. The molecule has 2 aliphatic rings. The minimum absolute atomic E-state index is 0.0233. The quantitative estimate of drug-likeness (QED) is 0.492. The average molecular weight is 598 g/mol. The van der Waals surface area contributed by atoms with Crippen molar-refractivity contribution in [3.63, 3.8) is 0 Å². The Morgan fingerprint density at radius 3 is 2.22 bits per heavy atom. The molecule has 0 aromatic carbocycles. The van der Waals surface area contributed by atoms with Crippen molar-refractivity contribution in [2.24, 2.45) is 11.3 Å². The summed E-state index contributed by atoms with van der Waals surface area (Å²) in [5, 5.41) is 18.1. The highest BCUT2D eigenvalue weighted by Crippen LogP contribution is 2.44. The number of hydrogen-bond acceptors (Lipinski definition) is 8. The van der Waals surface area contributed by atoms with E-state index in [4.69, 9.17) is 29.1 Å². The van der Waals surface area contributed by atoms with Gasteiger partial charge in [-0.3, -0.25) is 9.78 Å². The molecule has 2 fully saturated rings. The Labute approximate surface area is 229 Å². The van der Waals surface area contributed by atoms with Crippen LogP contribution < -0.4 is 0 Å². The molecule has 0 radical (unpaired) electrons. The molecular weight excluding hydrogens is 570 g/mol. The highest BCUT2D eigenvalue weighted by Gasteiger charge is 2.50. The molecule has 2 aromatic heterocycles. The van der Waals surface area contributed by atoms with Crippen LogP contribution in [0.2, 0.25) is 0 Å². The summed E-state index contributed by atoms with van der Waals surface area (Å²) in [4.78, 5) is 39.1. The lowest BCUT2D eigenvalue weighted by molar-refractivity contribution is -0.193. The van der Waals surface area contributed by atoms with Crippen LogP contribution in [0.1, 0.15) is 28.0 Å². The normalized spacial score (nSPS) is 20.7. The Morgan fingerprint density at radius 1 is 1.12 bits per heavy atom. The van der Waals surface area contributed by atoms with Crippen LogP contribution in [-0.4, -0.2) is 100 Å². The predicted octanol–water partition coefficient (Wildman–Crippen LogP) is 3.26. The first-order valence-corrected chi connectivity index (χ1v) is 11.9. The summed E-state index contributed by atoms with van der Waals surface area (Å²) in [7, 11) is 2.15. The van der Waals surface area contributed by atoms with Crippen LogP contribution >= 0.6 is 0 Å². The van der Waals surface area contributed by atoms with E-state index >= 15 is 0 Å². The van der Waals surface area contributed by atoms with Crippen LogP contribution in [-0.2, 0) is 20.9 Å². The zero-order valence-electron chi connectivity index (χ0n) is 21.9. The lowest BCUT2D eigenvalue weighted by Crippen LogP contribution is -2.38. The summed E-state index contributed by atoms with van der Waals surface area (Å²) in [6.45, 7) is 6.63. The fourth-order valence-corrected chi connectivity index (χ4v) is 4.53. The molecule has 4 heterocycles. The van der Waals surface area contributed by atoms with Crippen molar-refractivity contribution in [2.45, 2.75) is 32.3 Å². The molecule has 2 atom stereocenters. The molecule has 11 nitrogen and oxygen atoms in total. The second kappa shape index (κ2) is 13.8. The lowest BCUT2D eigenvalue weighted by atomic mass is 9.77. The molecule has 0 saturated carbocycles. The van der Waals surface area contributed by atoms with E-state index in [9.17, 15) is 31.1 Å². The van der Waals surface area contributed by atoms with Gasteiger partial charge in [0.15, 0.2) is 0 Å². The summed E-state index contributed by atoms with van der Waals surface area (Å²) in [5.74, 6) is -5.07. The van der Waals surface area contributed by atoms with Crippen molar-refractivity contribution < 1.29 is 60.2 Å². The minimum atomic E-state index is -5.08. The van der Waals surface area contributed by atoms with Crippen molar-refractivity contribution in [2.75, 3.05) is 39.8 Å². The van der Waals surface area contributed by atoms with Crippen LogP contribution in [0.25, 0.3) is 0 Å². The number of carbonyl (C=O) groups is 3. The molecule has 17 heteroatoms. The summed E-state index contributed by atoms with van der Waals surface area (Å²) in [6.07, 6.45) is -4.09. The lowest BCUT2D eigenvalue weighted by Gasteiger charge is -2.30. The number of rotatable bonds is 5. The number of ether oxygens (including phenoxy) is 1. The molecule has 2 aliphatic heterocycles. The van der Waals surface area contributed by atoms with E-state index in [0.29, 0.717) is 30.4 Å². The zero-order valence-corrected chi connectivity index (χ0v) is 21.9. The van der Waals surface area contributed by atoms with Crippen molar-refractivity contribution in [3.8, 4) is 0 Å². The van der Waals surface area contributed by atoms with Gasteiger partial charge in [0.1, 0.15) is 11.8 Å². The van der Waals surface area contributed by atoms with E-state index in [-0.39, 0.29) is 11.3 Å². The Balaban J connectivity index is 0.000000349. The standard InChI is InChI=1S/C20H26N4O3.2C2HF3O2/c1-15-18(12-27-22-15)19(25)24-7-5-20(14-24)13-23(2)9-17(20)11-26-10-16-4-3-6-21-8-16;2*3-2(4,5)1(6)7/h3-4,6,8,12,17H,5,7,9-11,13-14H2,1-2H3;2*(H,6,7)/t17-,20-;;/m1../s1. The van der Waals surface area contributed by atoms with Crippen LogP contribution in [0.15, 0.2) is 35.3 Å². The molecule has 2 N–H and O–H groups in total. The van der Waals surface area contributed by atoms with Gasteiger partial charge < -0.3 is 29.3 Å². The topological polar surface area (TPSA) is 146 Å². The number of carbonyl (C=O) groups excluding carboxylic acids is 1. The van der Waals surface area contributed by atoms with Crippen LogP contribution in [0.3, 0.4) is 0 Å². The number of halogens is 6. The van der Waals surface area contributed by atoms with Crippen molar-refractivity contribution in [3.05, 3.63) is 47.6 Å². The molecule has 0 aliphatic carbocycles. The summed E-state index contributed by atoms with van der Waals surface area (Å²) < 4.78 is 74.4. The highest BCUT2D eigenvalue weighted by molar-refractivity contribution is 5.95. The smallest absolute Gasteiger partial charge is 0.475 e. The molecule has 0 bridgehead atoms. The molecule has 1 spiro atoms. The van der Waals surface area contributed by atoms with Gasteiger partial charge in [0.05, 0.1) is 18.9 Å². The van der Waals surface area contributed by atoms with Crippen molar-refractivity contribution >= 4 is 17.8 Å². The van der Waals surface area contributed by atoms with Gasteiger partial charge in [0.25, 0.3) is 5.91 Å². The molecule has 4 rings (SSSR count). The van der Waals surface area contributed by atoms with Crippen molar-refractivity contribution in [1.82, 2.24) is 19.9 Å². The molecular formula is C24H28F6N4O7. The number of pyridine rings is 1. The molecule has 2 saturated heterocycles. The van der Waals surface area contributed by atoms with E-state index in [1.165, 1.54) is 6.26 Å². The highest BCUT2D eigenvalue weighted by atomic mass is 19.4. The number of hydrogen-bond donors (Lipinski definition) is 2. The van der Waals surface area contributed by atoms with E-state index in [2.05, 4.69) is 22.1 Å². The van der Waals surface area contributed by atoms with Gasteiger partial charge in [-0.25, -0.2) is 9.59 Å².